The first-order valence-corrected chi connectivity index (χ1v) is 5.82. The number of hydrogen-bond acceptors (Lipinski definition) is 1. The van der Waals surface area contributed by atoms with Gasteiger partial charge in [-0.05, 0) is 18.9 Å². The minimum absolute atomic E-state index is 0.145. The first-order chi connectivity index (χ1) is 7.69. The van der Waals surface area contributed by atoms with E-state index in [-0.39, 0.29) is 17.6 Å². The standard InChI is InChI=1S/C13H16O.C2H6/c1-4-11-7-6-8-13(10(3)14)9-12(11)5-2;1-2/h4-7,9,11-12H,1-2,8H2,3H3;1-2H3/t11-,12?;/m0./s1. The van der Waals surface area contributed by atoms with Crippen molar-refractivity contribution in [1.29, 1.82) is 0 Å². The average Bonchev–Trinajstić information content (AvgIpc) is 2.53. The maximum atomic E-state index is 11.2. The van der Waals surface area contributed by atoms with E-state index in [1.807, 2.05) is 38.2 Å². The molecule has 0 bridgehead atoms. The zero-order chi connectivity index (χ0) is 12.6. The van der Waals surface area contributed by atoms with Crippen molar-refractivity contribution in [1.82, 2.24) is 0 Å². The predicted octanol–water partition coefficient (Wildman–Crippen LogP) is 4.09. The Morgan fingerprint density at radius 2 is 1.88 bits per heavy atom. The van der Waals surface area contributed by atoms with E-state index in [9.17, 15) is 4.79 Å². The Balaban J connectivity index is 0.00000106. The summed E-state index contributed by atoms with van der Waals surface area (Å²) in [5, 5.41) is 0. The van der Waals surface area contributed by atoms with E-state index in [2.05, 4.69) is 19.2 Å². The molecule has 1 aliphatic rings. The Bertz CT molecular complexity index is 307. The van der Waals surface area contributed by atoms with Gasteiger partial charge < -0.3 is 0 Å². The smallest absolute Gasteiger partial charge is 0.155 e. The van der Waals surface area contributed by atoms with Crippen LogP contribution in [0.2, 0.25) is 0 Å². The number of rotatable bonds is 3. The lowest BCUT2D eigenvalue weighted by Crippen LogP contribution is -2.05. The molecule has 0 saturated heterocycles. The maximum Gasteiger partial charge on any atom is 0.155 e. The van der Waals surface area contributed by atoms with Gasteiger partial charge in [0.05, 0.1) is 0 Å². The molecule has 16 heavy (non-hydrogen) atoms. The summed E-state index contributed by atoms with van der Waals surface area (Å²) in [7, 11) is 0. The molecule has 1 rings (SSSR count). The van der Waals surface area contributed by atoms with Crippen LogP contribution in [-0.4, -0.2) is 5.78 Å². The summed E-state index contributed by atoms with van der Waals surface area (Å²) in [4.78, 5) is 11.2. The molecule has 0 aromatic carbocycles. The van der Waals surface area contributed by atoms with Gasteiger partial charge in [-0.1, -0.05) is 44.2 Å². The largest absolute Gasteiger partial charge is 0.295 e. The Labute approximate surface area is 99.3 Å². The van der Waals surface area contributed by atoms with Crippen LogP contribution in [0.3, 0.4) is 0 Å². The third-order valence-electron chi connectivity index (χ3n) is 2.53. The summed E-state index contributed by atoms with van der Waals surface area (Å²) in [5.74, 6) is 0.612. The number of hydrogen-bond donors (Lipinski definition) is 0. The minimum atomic E-state index is 0.145. The maximum absolute atomic E-state index is 11.2. The molecule has 0 spiro atoms. The monoisotopic (exact) mass is 218 g/mol. The van der Waals surface area contributed by atoms with Gasteiger partial charge in [0, 0.05) is 11.8 Å². The van der Waals surface area contributed by atoms with Gasteiger partial charge in [0.25, 0.3) is 0 Å². The summed E-state index contributed by atoms with van der Waals surface area (Å²) in [6.45, 7) is 13.2. The quantitative estimate of drug-likeness (QED) is 0.652. The van der Waals surface area contributed by atoms with Gasteiger partial charge in [0.15, 0.2) is 5.78 Å². The Hall–Kier alpha value is -1.37. The molecule has 1 unspecified atom stereocenters. The lowest BCUT2D eigenvalue weighted by Gasteiger charge is -2.13. The molecule has 0 radical (unpaired) electrons. The van der Waals surface area contributed by atoms with Gasteiger partial charge in [-0.25, -0.2) is 0 Å². The normalized spacial score (nSPS) is 23.3. The molecule has 88 valence electrons. The number of ketones is 1. The average molecular weight is 218 g/mol. The Morgan fingerprint density at radius 1 is 1.31 bits per heavy atom. The number of carbonyl (C=O) groups is 1. The SMILES string of the molecule is C=CC1C=C(C(C)=O)CC=C[C@@H]1C=C.CC. The van der Waals surface area contributed by atoms with E-state index >= 15 is 0 Å². The number of carbonyl (C=O) groups excluding carboxylic acids is 1. The molecule has 0 aromatic heterocycles. The van der Waals surface area contributed by atoms with Crippen molar-refractivity contribution in [3.8, 4) is 0 Å². The molecular weight excluding hydrogens is 196 g/mol. The highest BCUT2D eigenvalue weighted by atomic mass is 16.1. The summed E-state index contributed by atoms with van der Waals surface area (Å²) in [5.41, 5.74) is 0.871. The minimum Gasteiger partial charge on any atom is -0.295 e. The highest BCUT2D eigenvalue weighted by Gasteiger charge is 2.15. The van der Waals surface area contributed by atoms with Crippen LogP contribution < -0.4 is 0 Å². The molecule has 0 heterocycles. The van der Waals surface area contributed by atoms with E-state index < -0.39 is 0 Å². The van der Waals surface area contributed by atoms with E-state index in [4.69, 9.17) is 0 Å². The highest BCUT2D eigenvalue weighted by molar-refractivity contribution is 5.93. The molecular formula is C15H22O. The molecule has 2 atom stereocenters. The zero-order valence-corrected chi connectivity index (χ0v) is 10.6. The summed E-state index contributed by atoms with van der Waals surface area (Å²) in [6.07, 6.45) is 10.6. The van der Waals surface area contributed by atoms with E-state index in [0.717, 1.165) is 12.0 Å². The molecule has 0 saturated carbocycles. The number of allylic oxidation sites excluding steroid dienone is 6. The van der Waals surface area contributed by atoms with Gasteiger partial charge in [-0.15, -0.1) is 13.2 Å². The third-order valence-corrected chi connectivity index (χ3v) is 2.53. The highest BCUT2D eigenvalue weighted by Crippen LogP contribution is 2.24. The summed E-state index contributed by atoms with van der Waals surface area (Å²) < 4.78 is 0. The van der Waals surface area contributed by atoms with Crippen molar-refractivity contribution >= 4 is 5.78 Å². The second-order valence-corrected chi connectivity index (χ2v) is 3.51. The van der Waals surface area contributed by atoms with Crippen molar-refractivity contribution in [3.05, 3.63) is 49.1 Å². The molecule has 0 aromatic rings. The van der Waals surface area contributed by atoms with Crippen LogP contribution in [0.15, 0.2) is 49.1 Å². The Kier molecular flexibility index (Phi) is 7.19. The second kappa shape index (κ2) is 7.86. The lowest BCUT2D eigenvalue weighted by atomic mass is 9.91. The zero-order valence-electron chi connectivity index (χ0n) is 10.6. The van der Waals surface area contributed by atoms with Crippen LogP contribution in [0, 0.1) is 11.8 Å². The molecule has 0 amide bonds. The first-order valence-electron chi connectivity index (χ1n) is 5.82. The van der Waals surface area contributed by atoms with Crippen molar-refractivity contribution < 1.29 is 4.79 Å². The van der Waals surface area contributed by atoms with E-state index in [1.165, 1.54) is 0 Å². The predicted molar refractivity (Wildman–Crippen MR) is 71.2 cm³/mol. The van der Waals surface area contributed by atoms with Gasteiger partial charge in [0.1, 0.15) is 0 Å². The van der Waals surface area contributed by atoms with Crippen LogP contribution in [-0.2, 0) is 4.79 Å². The fraction of sp³-hybridized carbons (Fsp3) is 0.400. The van der Waals surface area contributed by atoms with Crippen molar-refractivity contribution in [2.45, 2.75) is 27.2 Å². The molecule has 1 aliphatic carbocycles. The fourth-order valence-corrected chi connectivity index (χ4v) is 1.61. The molecule has 1 nitrogen and oxygen atoms in total. The van der Waals surface area contributed by atoms with Gasteiger partial charge >= 0.3 is 0 Å². The molecule has 0 aliphatic heterocycles. The van der Waals surface area contributed by atoms with Gasteiger partial charge in [-0.2, -0.15) is 0 Å². The van der Waals surface area contributed by atoms with Crippen LogP contribution in [0.25, 0.3) is 0 Å². The fourth-order valence-electron chi connectivity index (χ4n) is 1.61. The summed E-state index contributed by atoms with van der Waals surface area (Å²) >= 11 is 0. The lowest BCUT2D eigenvalue weighted by molar-refractivity contribution is -0.113. The second-order valence-electron chi connectivity index (χ2n) is 3.51. The topological polar surface area (TPSA) is 17.1 Å². The van der Waals surface area contributed by atoms with Crippen molar-refractivity contribution in [2.24, 2.45) is 11.8 Å². The van der Waals surface area contributed by atoms with Crippen LogP contribution >= 0.6 is 0 Å². The first kappa shape index (κ1) is 14.6. The van der Waals surface area contributed by atoms with Crippen LogP contribution in [0.5, 0.6) is 0 Å². The van der Waals surface area contributed by atoms with E-state index in [0.29, 0.717) is 0 Å². The van der Waals surface area contributed by atoms with Crippen molar-refractivity contribution in [3.63, 3.8) is 0 Å². The van der Waals surface area contributed by atoms with Gasteiger partial charge in [0.2, 0.25) is 0 Å². The number of Topliss-reactive ketones (excluding diaryl/α,β-unsaturated/α-hetero) is 1. The molecule has 1 heteroatoms. The van der Waals surface area contributed by atoms with Gasteiger partial charge in [-0.3, -0.25) is 4.79 Å². The van der Waals surface area contributed by atoms with Crippen LogP contribution in [0.4, 0.5) is 0 Å². The molecule has 0 N–H and O–H groups in total. The van der Waals surface area contributed by atoms with Crippen molar-refractivity contribution in [2.75, 3.05) is 0 Å². The Morgan fingerprint density at radius 3 is 2.31 bits per heavy atom. The van der Waals surface area contributed by atoms with Crippen LogP contribution in [0.1, 0.15) is 27.2 Å². The summed E-state index contributed by atoms with van der Waals surface area (Å²) in [6, 6.07) is 0. The third kappa shape index (κ3) is 4.01. The van der Waals surface area contributed by atoms with E-state index in [1.54, 1.807) is 6.92 Å². The molecule has 0 fully saturated rings.